The second-order valence-corrected chi connectivity index (χ2v) is 5.15. The molecule has 0 spiro atoms. The molecule has 1 atom stereocenters. The highest BCUT2D eigenvalue weighted by molar-refractivity contribution is 7.11. The van der Waals surface area contributed by atoms with E-state index in [0.29, 0.717) is 6.54 Å². The molecule has 0 aliphatic heterocycles. The number of urea groups is 1. The molecule has 0 bridgehead atoms. The van der Waals surface area contributed by atoms with Gasteiger partial charge in [0.1, 0.15) is 0 Å². The van der Waals surface area contributed by atoms with Crippen LogP contribution in [0.5, 0.6) is 0 Å². The number of amides is 2. The largest absolute Gasteiger partial charge is 0.480 e. The van der Waals surface area contributed by atoms with E-state index in [4.69, 9.17) is 9.84 Å². The number of carbonyl (C=O) groups is 2. The standard InChI is InChI=1S/C12H18N2O4S/c1-3-8-4-5-9(19-8)6-13-12(17)14-10(7-18-2)11(15)16/h4-5,10H,3,6-7H2,1-2H3,(H,15,16)(H2,13,14,17). The number of carbonyl (C=O) groups excluding carboxylic acids is 1. The number of hydrogen-bond donors (Lipinski definition) is 3. The molecule has 0 aromatic carbocycles. The molecular formula is C12H18N2O4S. The van der Waals surface area contributed by atoms with Crippen LogP contribution < -0.4 is 10.6 Å². The van der Waals surface area contributed by atoms with Crippen molar-refractivity contribution in [3.05, 3.63) is 21.9 Å². The minimum Gasteiger partial charge on any atom is -0.480 e. The molecule has 0 aliphatic carbocycles. The molecule has 0 radical (unpaired) electrons. The van der Waals surface area contributed by atoms with E-state index in [-0.39, 0.29) is 6.61 Å². The van der Waals surface area contributed by atoms with Crippen molar-refractivity contribution in [2.45, 2.75) is 25.9 Å². The third kappa shape index (κ3) is 5.27. The lowest BCUT2D eigenvalue weighted by atomic mass is 10.3. The zero-order valence-corrected chi connectivity index (χ0v) is 11.8. The Bertz CT molecular complexity index is 433. The molecule has 7 heteroatoms. The van der Waals surface area contributed by atoms with Crippen LogP contribution in [0.4, 0.5) is 4.79 Å². The average molecular weight is 286 g/mol. The maximum atomic E-state index is 11.5. The van der Waals surface area contributed by atoms with Crippen LogP contribution in [0.1, 0.15) is 16.7 Å². The summed E-state index contributed by atoms with van der Waals surface area (Å²) in [5.41, 5.74) is 0. The number of aliphatic carboxylic acids is 1. The van der Waals surface area contributed by atoms with Crippen LogP contribution in [0.2, 0.25) is 0 Å². The van der Waals surface area contributed by atoms with Crippen molar-refractivity contribution in [1.82, 2.24) is 10.6 Å². The molecule has 3 N–H and O–H groups in total. The number of thiophene rings is 1. The predicted octanol–water partition coefficient (Wildman–Crippen LogP) is 1.21. The number of aryl methyl sites for hydroxylation is 1. The molecule has 19 heavy (non-hydrogen) atoms. The zero-order chi connectivity index (χ0) is 14.3. The highest BCUT2D eigenvalue weighted by Crippen LogP contribution is 2.16. The lowest BCUT2D eigenvalue weighted by Gasteiger charge is -2.13. The van der Waals surface area contributed by atoms with Gasteiger partial charge in [-0.25, -0.2) is 9.59 Å². The SMILES string of the molecule is CCc1ccc(CNC(=O)NC(COC)C(=O)O)s1. The summed E-state index contributed by atoms with van der Waals surface area (Å²) < 4.78 is 4.73. The quantitative estimate of drug-likeness (QED) is 0.703. The van der Waals surface area contributed by atoms with Crippen LogP contribution in [0.25, 0.3) is 0 Å². The molecule has 0 saturated heterocycles. The summed E-state index contributed by atoms with van der Waals surface area (Å²) in [4.78, 5) is 24.6. The fourth-order valence-corrected chi connectivity index (χ4v) is 2.32. The molecule has 6 nitrogen and oxygen atoms in total. The number of rotatable bonds is 7. The van der Waals surface area contributed by atoms with Gasteiger partial charge in [0.25, 0.3) is 0 Å². The molecular weight excluding hydrogens is 268 g/mol. The van der Waals surface area contributed by atoms with Gasteiger partial charge in [0.2, 0.25) is 0 Å². The van der Waals surface area contributed by atoms with Crippen LogP contribution in [0.15, 0.2) is 12.1 Å². The summed E-state index contributed by atoms with van der Waals surface area (Å²) in [5, 5.41) is 13.8. The molecule has 1 unspecified atom stereocenters. The van der Waals surface area contributed by atoms with Crippen molar-refractivity contribution < 1.29 is 19.4 Å². The van der Waals surface area contributed by atoms with Crippen molar-refractivity contribution in [3.8, 4) is 0 Å². The van der Waals surface area contributed by atoms with E-state index >= 15 is 0 Å². The number of ether oxygens (including phenoxy) is 1. The van der Waals surface area contributed by atoms with Crippen molar-refractivity contribution in [2.75, 3.05) is 13.7 Å². The second kappa shape index (κ2) is 7.75. The first-order valence-corrected chi connectivity index (χ1v) is 6.72. The van der Waals surface area contributed by atoms with Crippen LogP contribution in [-0.4, -0.2) is 36.9 Å². The van der Waals surface area contributed by atoms with Crippen molar-refractivity contribution in [3.63, 3.8) is 0 Å². The Balaban J connectivity index is 2.40. The lowest BCUT2D eigenvalue weighted by molar-refractivity contribution is -0.140. The maximum Gasteiger partial charge on any atom is 0.328 e. The Hall–Kier alpha value is -1.60. The number of carboxylic acid groups (broad SMARTS) is 1. The Labute approximate surface area is 115 Å². The van der Waals surface area contributed by atoms with Crippen LogP contribution in [-0.2, 0) is 22.5 Å². The van der Waals surface area contributed by atoms with Gasteiger partial charge in [-0.05, 0) is 18.6 Å². The van der Waals surface area contributed by atoms with Crippen LogP contribution >= 0.6 is 11.3 Å². The van der Waals surface area contributed by atoms with Crippen molar-refractivity contribution >= 4 is 23.3 Å². The summed E-state index contributed by atoms with van der Waals surface area (Å²) in [6, 6.07) is 2.41. The summed E-state index contributed by atoms with van der Waals surface area (Å²) in [6.07, 6.45) is 0.964. The minimum absolute atomic E-state index is 0.0677. The van der Waals surface area contributed by atoms with Gasteiger partial charge < -0.3 is 20.5 Å². The van der Waals surface area contributed by atoms with Gasteiger partial charge in [0.05, 0.1) is 13.2 Å². The van der Waals surface area contributed by atoms with E-state index in [1.807, 2.05) is 12.1 Å². The molecule has 1 aromatic rings. The predicted molar refractivity (Wildman–Crippen MR) is 72.4 cm³/mol. The molecule has 106 valence electrons. The van der Waals surface area contributed by atoms with E-state index in [0.717, 1.165) is 11.3 Å². The highest BCUT2D eigenvalue weighted by Gasteiger charge is 2.19. The average Bonchev–Trinajstić information content (AvgIpc) is 2.83. The van der Waals surface area contributed by atoms with E-state index in [9.17, 15) is 9.59 Å². The molecule has 1 aromatic heterocycles. The lowest BCUT2D eigenvalue weighted by Crippen LogP contribution is -2.47. The highest BCUT2D eigenvalue weighted by atomic mass is 32.1. The second-order valence-electron chi connectivity index (χ2n) is 3.89. The smallest absolute Gasteiger partial charge is 0.328 e. The third-order valence-electron chi connectivity index (χ3n) is 2.43. The van der Waals surface area contributed by atoms with Crippen molar-refractivity contribution in [2.24, 2.45) is 0 Å². The van der Waals surface area contributed by atoms with Gasteiger partial charge in [0, 0.05) is 16.9 Å². The molecule has 0 aliphatic rings. The van der Waals surface area contributed by atoms with Gasteiger partial charge in [-0.2, -0.15) is 0 Å². The van der Waals surface area contributed by atoms with E-state index in [1.165, 1.54) is 12.0 Å². The fraction of sp³-hybridized carbons (Fsp3) is 0.500. The number of hydrogen-bond acceptors (Lipinski definition) is 4. The number of nitrogens with one attached hydrogen (secondary N) is 2. The normalized spacial score (nSPS) is 11.9. The summed E-state index contributed by atoms with van der Waals surface area (Å²) in [5.74, 6) is -1.12. The topological polar surface area (TPSA) is 87.7 Å². The molecule has 0 fully saturated rings. The fourth-order valence-electron chi connectivity index (χ4n) is 1.43. The van der Waals surface area contributed by atoms with Gasteiger partial charge in [0.15, 0.2) is 6.04 Å². The van der Waals surface area contributed by atoms with E-state index in [2.05, 4.69) is 17.6 Å². The minimum atomic E-state index is -1.12. The summed E-state index contributed by atoms with van der Waals surface area (Å²) in [7, 11) is 1.38. The molecule has 0 saturated carbocycles. The monoisotopic (exact) mass is 286 g/mol. The summed E-state index contributed by atoms with van der Waals surface area (Å²) in [6.45, 7) is 2.38. The van der Waals surface area contributed by atoms with Crippen molar-refractivity contribution in [1.29, 1.82) is 0 Å². The first-order chi connectivity index (χ1) is 9.06. The number of carboxylic acids is 1. The third-order valence-corrected chi connectivity index (χ3v) is 3.66. The van der Waals surface area contributed by atoms with E-state index in [1.54, 1.807) is 11.3 Å². The van der Waals surface area contributed by atoms with Gasteiger partial charge in [-0.15, -0.1) is 11.3 Å². The summed E-state index contributed by atoms with van der Waals surface area (Å²) >= 11 is 1.63. The molecule has 1 heterocycles. The Kier molecular flexibility index (Phi) is 6.31. The first kappa shape index (κ1) is 15.5. The molecule has 1 rings (SSSR count). The first-order valence-electron chi connectivity index (χ1n) is 5.90. The Morgan fingerprint density at radius 1 is 1.42 bits per heavy atom. The Morgan fingerprint density at radius 3 is 2.63 bits per heavy atom. The molecule has 2 amide bonds. The van der Waals surface area contributed by atoms with Crippen LogP contribution in [0, 0.1) is 0 Å². The van der Waals surface area contributed by atoms with Gasteiger partial charge in [-0.3, -0.25) is 0 Å². The Morgan fingerprint density at radius 2 is 2.11 bits per heavy atom. The van der Waals surface area contributed by atoms with Gasteiger partial charge >= 0.3 is 12.0 Å². The van der Waals surface area contributed by atoms with E-state index < -0.39 is 18.0 Å². The number of methoxy groups -OCH3 is 1. The van der Waals surface area contributed by atoms with Crippen LogP contribution in [0.3, 0.4) is 0 Å². The maximum absolute atomic E-state index is 11.5. The zero-order valence-electron chi connectivity index (χ0n) is 10.9. The van der Waals surface area contributed by atoms with Gasteiger partial charge in [-0.1, -0.05) is 6.92 Å².